The summed E-state index contributed by atoms with van der Waals surface area (Å²) in [4.78, 5) is 16.5. The lowest BCUT2D eigenvalue weighted by Crippen LogP contribution is -2.29. The fourth-order valence-electron chi connectivity index (χ4n) is 3.43. The zero-order valence-electron chi connectivity index (χ0n) is 14.6. The van der Waals surface area contributed by atoms with Gasteiger partial charge in [0.15, 0.2) is 0 Å². The monoisotopic (exact) mass is 323 g/mol. The highest BCUT2D eigenvalue weighted by atomic mass is 16.1. The van der Waals surface area contributed by atoms with E-state index in [-0.39, 0.29) is 5.91 Å². The van der Waals surface area contributed by atoms with Crippen LogP contribution >= 0.6 is 0 Å². The van der Waals surface area contributed by atoms with Crippen molar-refractivity contribution in [2.75, 3.05) is 37.0 Å². The van der Waals surface area contributed by atoms with E-state index in [2.05, 4.69) is 53.4 Å². The van der Waals surface area contributed by atoms with Crippen molar-refractivity contribution in [3.8, 4) is 0 Å². The maximum Gasteiger partial charge on any atom is 0.251 e. The van der Waals surface area contributed by atoms with Crippen molar-refractivity contribution in [2.45, 2.75) is 13.5 Å². The fourth-order valence-corrected chi connectivity index (χ4v) is 3.43. The van der Waals surface area contributed by atoms with Gasteiger partial charge in [0, 0.05) is 39.3 Å². The molecule has 4 heteroatoms. The summed E-state index contributed by atoms with van der Waals surface area (Å²) in [5.74, 6) is 0.546. The molecular formula is C20H25N3O. The Hall–Kier alpha value is -2.49. The van der Waals surface area contributed by atoms with Gasteiger partial charge in [-0.2, -0.15) is 0 Å². The van der Waals surface area contributed by atoms with Crippen molar-refractivity contribution in [1.82, 2.24) is 5.32 Å². The van der Waals surface area contributed by atoms with Crippen molar-refractivity contribution in [3.63, 3.8) is 0 Å². The first-order chi connectivity index (χ1) is 11.6. The average Bonchev–Trinajstić information content (AvgIpc) is 2.72. The topological polar surface area (TPSA) is 35.6 Å². The van der Waals surface area contributed by atoms with Crippen molar-refractivity contribution in [1.29, 1.82) is 0 Å². The second-order valence-corrected chi connectivity index (χ2v) is 6.63. The number of nitrogens with zero attached hydrogens (tertiary/aromatic N) is 2. The molecule has 1 heterocycles. The Kier molecular flexibility index (Phi) is 4.74. The summed E-state index contributed by atoms with van der Waals surface area (Å²) in [5.41, 5.74) is 4.48. The van der Waals surface area contributed by atoms with Gasteiger partial charge in [0.25, 0.3) is 5.91 Å². The predicted octanol–water partition coefficient (Wildman–Crippen LogP) is 3.14. The smallest absolute Gasteiger partial charge is 0.251 e. The minimum Gasteiger partial charge on any atom is -0.373 e. The zero-order chi connectivity index (χ0) is 17.1. The quantitative estimate of drug-likeness (QED) is 0.942. The summed E-state index contributed by atoms with van der Waals surface area (Å²) < 4.78 is 0. The summed E-state index contributed by atoms with van der Waals surface area (Å²) in [5, 5.41) is 2.66. The molecule has 0 bridgehead atoms. The van der Waals surface area contributed by atoms with Crippen LogP contribution in [0.2, 0.25) is 0 Å². The van der Waals surface area contributed by atoms with E-state index in [1.54, 1.807) is 7.05 Å². The Morgan fingerprint density at radius 2 is 1.75 bits per heavy atom. The first-order valence-corrected chi connectivity index (χ1v) is 8.44. The minimum atomic E-state index is -0.0445. The highest BCUT2D eigenvalue weighted by Gasteiger charge is 2.22. The van der Waals surface area contributed by atoms with Crippen LogP contribution in [0.4, 0.5) is 11.4 Å². The first-order valence-electron chi connectivity index (χ1n) is 8.44. The molecule has 4 nitrogen and oxygen atoms in total. The molecule has 3 rings (SSSR count). The third kappa shape index (κ3) is 3.37. The molecule has 0 radical (unpaired) electrons. The minimum absolute atomic E-state index is 0.0445. The van der Waals surface area contributed by atoms with Crippen LogP contribution in [0.5, 0.6) is 0 Å². The van der Waals surface area contributed by atoms with Crippen LogP contribution in [0.3, 0.4) is 0 Å². The second-order valence-electron chi connectivity index (χ2n) is 6.63. The SMILES string of the molecule is CNC(=O)c1ccc(CN2CC(C)CN(C)c3ccccc32)cc1. The third-order valence-corrected chi connectivity index (χ3v) is 4.57. The van der Waals surface area contributed by atoms with Crippen molar-refractivity contribution in [3.05, 3.63) is 59.7 Å². The van der Waals surface area contributed by atoms with Gasteiger partial charge >= 0.3 is 0 Å². The summed E-state index contributed by atoms with van der Waals surface area (Å²) in [6.07, 6.45) is 0. The molecule has 1 atom stereocenters. The van der Waals surface area contributed by atoms with E-state index in [1.165, 1.54) is 16.9 Å². The van der Waals surface area contributed by atoms with Crippen LogP contribution < -0.4 is 15.1 Å². The molecule has 1 aliphatic heterocycles. The molecule has 1 aliphatic rings. The number of hydrogen-bond acceptors (Lipinski definition) is 3. The van der Waals surface area contributed by atoms with Crippen LogP contribution in [-0.4, -0.2) is 33.1 Å². The summed E-state index contributed by atoms with van der Waals surface area (Å²) in [6.45, 7) is 5.23. The van der Waals surface area contributed by atoms with E-state index < -0.39 is 0 Å². The lowest BCUT2D eigenvalue weighted by molar-refractivity contribution is 0.0963. The van der Waals surface area contributed by atoms with E-state index >= 15 is 0 Å². The largest absolute Gasteiger partial charge is 0.373 e. The summed E-state index contributed by atoms with van der Waals surface area (Å²) >= 11 is 0. The molecule has 0 aliphatic carbocycles. The Morgan fingerprint density at radius 3 is 2.42 bits per heavy atom. The number of amides is 1. The normalized spacial score (nSPS) is 17.2. The molecule has 126 valence electrons. The highest BCUT2D eigenvalue weighted by molar-refractivity contribution is 5.93. The summed E-state index contributed by atoms with van der Waals surface area (Å²) in [7, 11) is 3.82. The lowest BCUT2D eigenvalue weighted by atomic mass is 10.1. The maximum atomic E-state index is 11.7. The number of anilines is 2. The van der Waals surface area contributed by atoms with Gasteiger partial charge in [-0.3, -0.25) is 4.79 Å². The molecule has 2 aromatic carbocycles. The Morgan fingerprint density at radius 1 is 1.08 bits per heavy atom. The second kappa shape index (κ2) is 6.95. The van der Waals surface area contributed by atoms with E-state index in [0.717, 1.165) is 19.6 Å². The zero-order valence-corrected chi connectivity index (χ0v) is 14.6. The van der Waals surface area contributed by atoms with Crippen molar-refractivity contribution < 1.29 is 4.79 Å². The van der Waals surface area contributed by atoms with Gasteiger partial charge < -0.3 is 15.1 Å². The van der Waals surface area contributed by atoms with E-state index in [9.17, 15) is 4.79 Å². The number of fused-ring (bicyclic) bond motifs is 1. The molecule has 2 aromatic rings. The molecule has 0 saturated heterocycles. The Balaban J connectivity index is 1.85. The number of hydrogen-bond donors (Lipinski definition) is 1. The molecule has 0 aromatic heterocycles. The number of para-hydroxylation sites is 2. The van der Waals surface area contributed by atoms with Gasteiger partial charge in [0.1, 0.15) is 0 Å². The first kappa shape index (κ1) is 16.4. The number of carbonyl (C=O) groups excluding carboxylic acids is 1. The number of benzene rings is 2. The van der Waals surface area contributed by atoms with Crippen LogP contribution in [0, 0.1) is 5.92 Å². The molecule has 0 fully saturated rings. The van der Waals surface area contributed by atoms with Gasteiger partial charge in [-0.1, -0.05) is 31.2 Å². The van der Waals surface area contributed by atoms with Crippen molar-refractivity contribution >= 4 is 17.3 Å². The van der Waals surface area contributed by atoms with Crippen LogP contribution in [0.15, 0.2) is 48.5 Å². The van der Waals surface area contributed by atoms with Crippen LogP contribution in [-0.2, 0) is 6.54 Å². The Bertz CT molecular complexity index is 711. The third-order valence-electron chi connectivity index (χ3n) is 4.57. The predicted molar refractivity (Wildman–Crippen MR) is 99.8 cm³/mol. The summed E-state index contributed by atoms with van der Waals surface area (Å²) in [6, 6.07) is 16.5. The molecular weight excluding hydrogens is 298 g/mol. The molecule has 24 heavy (non-hydrogen) atoms. The van der Waals surface area contributed by atoms with E-state index in [1.807, 2.05) is 24.3 Å². The molecule has 1 N–H and O–H groups in total. The molecule has 0 spiro atoms. The average molecular weight is 323 g/mol. The van der Waals surface area contributed by atoms with Gasteiger partial charge in [0.2, 0.25) is 0 Å². The Labute approximate surface area is 144 Å². The van der Waals surface area contributed by atoms with E-state index in [0.29, 0.717) is 11.5 Å². The standard InChI is InChI=1S/C20H25N3O/c1-15-12-22(3)18-6-4-5-7-19(18)23(13-15)14-16-8-10-17(11-9-16)20(24)21-2/h4-11,15H,12-14H2,1-3H3,(H,21,24). The maximum absolute atomic E-state index is 11.7. The number of nitrogens with one attached hydrogen (secondary N) is 1. The molecule has 1 unspecified atom stereocenters. The number of rotatable bonds is 3. The lowest BCUT2D eigenvalue weighted by Gasteiger charge is -2.26. The van der Waals surface area contributed by atoms with Gasteiger partial charge in [-0.15, -0.1) is 0 Å². The van der Waals surface area contributed by atoms with Gasteiger partial charge in [-0.05, 0) is 35.7 Å². The molecule has 0 saturated carbocycles. The highest BCUT2D eigenvalue weighted by Crippen LogP contribution is 2.33. The molecule has 1 amide bonds. The van der Waals surface area contributed by atoms with Crippen molar-refractivity contribution in [2.24, 2.45) is 5.92 Å². The van der Waals surface area contributed by atoms with Gasteiger partial charge in [-0.25, -0.2) is 0 Å². The van der Waals surface area contributed by atoms with E-state index in [4.69, 9.17) is 0 Å². The number of carbonyl (C=O) groups is 1. The van der Waals surface area contributed by atoms with Crippen LogP contribution in [0.25, 0.3) is 0 Å². The fraction of sp³-hybridized carbons (Fsp3) is 0.350. The van der Waals surface area contributed by atoms with Gasteiger partial charge in [0.05, 0.1) is 11.4 Å². The van der Waals surface area contributed by atoms with Crippen LogP contribution in [0.1, 0.15) is 22.8 Å².